The standard InChI is InChI=1S/C13H17NO5S2/c1-4-5-6(2)21(19)13-9(12(17)18)14-10(16)8(7(3)15)11(14)20-13/h4,6-8,11,15H,1,5H2,2-3H3,(H,17,18)/t6?,7?,8-,11+,21?/m0/s1. The third-order valence-corrected chi connectivity index (χ3v) is 6.93. The van der Waals surface area contributed by atoms with E-state index in [4.69, 9.17) is 0 Å². The van der Waals surface area contributed by atoms with E-state index in [1.807, 2.05) is 0 Å². The molecular formula is C13H17NO5S2. The number of carboxylic acids is 1. The Morgan fingerprint density at radius 2 is 2.24 bits per heavy atom. The van der Waals surface area contributed by atoms with E-state index in [0.717, 1.165) is 16.7 Å². The van der Waals surface area contributed by atoms with Crippen molar-refractivity contribution >= 4 is 34.8 Å². The summed E-state index contributed by atoms with van der Waals surface area (Å²) in [5, 5.41) is 18.2. The van der Waals surface area contributed by atoms with Crippen molar-refractivity contribution in [2.45, 2.75) is 37.0 Å². The molecule has 8 heteroatoms. The highest BCUT2D eigenvalue weighted by molar-refractivity contribution is 8.19. The average Bonchev–Trinajstić information content (AvgIpc) is 2.72. The lowest BCUT2D eigenvalue weighted by Gasteiger charge is -2.42. The first-order chi connectivity index (χ1) is 9.81. The first-order valence-corrected chi connectivity index (χ1v) is 8.57. The van der Waals surface area contributed by atoms with Gasteiger partial charge in [-0.15, -0.1) is 6.58 Å². The Morgan fingerprint density at radius 1 is 1.62 bits per heavy atom. The molecule has 0 saturated carbocycles. The smallest absolute Gasteiger partial charge is 0.358 e. The van der Waals surface area contributed by atoms with Crippen molar-refractivity contribution in [2.75, 3.05) is 0 Å². The summed E-state index contributed by atoms with van der Waals surface area (Å²) in [5.74, 6) is -2.34. The molecule has 116 valence electrons. The van der Waals surface area contributed by atoms with E-state index in [1.54, 1.807) is 13.0 Å². The van der Waals surface area contributed by atoms with Crippen molar-refractivity contribution in [2.24, 2.45) is 5.92 Å². The molecule has 0 aromatic rings. The van der Waals surface area contributed by atoms with Gasteiger partial charge in [-0.1, -0.05) is 6.08 Å². The highest BCUT2D eigenvalue weighted by atomic mass is 32.3. The summed E-state index contributed by atoms with van der Waals surface area (Å²) >= 11 is -0.411. The normalized spacial score (nSPS) is 28.8. The van der Waals surface area contributed by atoms with Crippen LogP contribution in [0.4, 0.5) is 0 Å². The van der Waals surface area contributed by atoms with Crippen molar-refractivity contribution in [3.63, 3.8) is 0 Å². The molecule has 6 nitrogen and oxygen atoms in total. The fraction of sp³-hybridized carbons (Fsp3) is 0.538. The molecule has 0 aliphatic carbocycles. The maximum atomic E-state index is 12.5. The van der Waals surface area contributed by atoms with Gasteiger partial charge in [0, 0.05) is 6.42 Å². The van der Waals surface area contributed by atoms with Gasteiger partial charge in [0.05, 0.1) is 12.0 Å². The monoisotopic (exact) mass is 331 g/mol. The lowest BCUT2D eigenvalue weighted by molar-refractivity contribution is -0.156. The number of carbonyl (C=O) groups is 2. The van der Waals surface area contributed by atoms with Crippen LogP contribution in [-0.2, 0) is 20.8 Å². The van der Waals surface area contributed by atoms with Gasteiger partial charge in [-0.2, -0.15) is 0 Å². The van der Waals surface area contributed by atoms with E-state index >= 15 is 0 Å². The molecule has 1 saturated heterocycles. The molecule has 1 amide bonds. The number of hydrogen-bond acceptors (Lipinski definition) is 5. The highest BCUT2D eigenvalue weighted by Crippen LogP contribution is 2.52. The van der Waals surface area contributed by atoms with Crippen LogP contribution >= 0.6 is 11.8 Å². The van der Waals surface area contributed by atoms with Crippen LogP contribution < -0.4 is 0 Å². The van der Waals surface area contributed by atoms with E-state index in [0.29, 0.717) is 6.42 Å². The van der Waals surface area contributed by atoms with Crippen molar-refractivity contribution in [3.8, 4) is 0 Å². The lowest BCUT2D eigenvalue weighted by atomic mass is 9.92. The van der Waals surface area contributed by atoms with E-state index in [9.17, 15) is 24.4 Å². The lowest BCUT2D eigenvalue weighted by Crippen LogP contribution is -2.60. The van der Waals surface area contributed by atoms with Gasteiger partial charge in [0.15, 0.2) is 5.70 Å². The fourth-order valence-corrected chi connectivity index (χ4v) is 5.94. The largest absolute Gasteiger partial charge is 0.611 e. The van der Waals surface area contributed by atoms with Crippen LogP contribution in [0.1, 0.15) is 20.3 Å². The number of rotatable bonds is 6. The van der Waals surface area contributed by atoms with Gasteiger partial charge in [-0.25, -0.2) is 4.79 Å². The molecule has 21 heavy (non-hydrogen) atoms. The van der Waals surface area contributed by atoms with Gasteiger partial charge in [-0.3, -0.25) is 9.69 Å². The van der Waals surface area contributed by atoms with Gasteiger partial charge in [0.1, 0.15) is 10.6 Å². The number of fused-ring (bicyclic) bond motifs is 1. The van der Waals surface area contributed by atoms with Gasteiger partial charge in [0.25, 0.3) is 0 Å². The van der Waals surface area contributed by atoms with Crippen LogP contribution in [0.2, 0.25) is 0 Å². The quantitative estimate of drug-likeness (QED) is 0.425. The molecule has 1 fully saturated rings. The molecule has 5 atom stereocenters. The minimum atomic E-state index is -1.52. The highest BCUT2D eigenvalue weighted by Gasteiger charge is 2.60. The third kappa shape index (κ3) is 2.61. The van der Waals surface area contributed by atoms with Crippen LogP contribution in [0.15, 0.2) is 22.6 Å². The maximum absolute atomic E-state index is 12.5. The topological polar surface area (TPSA) is 101 Å². The molecule has 2 aliphatic rings. The Balaban J connectivity index is 2.31. The van der Waals surface area contributed by atoms with E-state index in [1.165, 1.54) is 6.92 Å². The molecule has 2 heterocycles. The van der Waals surface area contributed by atoms with Crippen LogP contribution in [0.5, 0.6) is 0 Å². The van der Waals surface area contributed by atoms with Crippen molar-refractivity contribution in [1.82, 2.24) is 4.90 Å². The minimum Gasteiger partial charge on any atom is -0.611 e. The van der Waals surface area contributed by atoms with Crippen LogP contribution in [0.25, 0.3) is 0 Å². The summed E-state index contributed by atoms with van der Waals surface area (Å²) < 4.78 is 12.7. The van der Waals surface area contributed by atoms with Crippen LogP contribution in [0, 0.1) is 5.92 Å². The molecule has 2 aliphatic heterocycles. The predicted molar refractivity (Wildman–Crippen MR) is 80.5 cm³/mol. The average molecular weight is 331 g/mol. The maximum Gasteiger partial charge on any atom is 0.358 e. The molecular weight excluding hydrogens is 314 g/mol. The molecule has 2 N–H and O–H groups in total. The van der Waals surface area contributed by atoms with Crippen molar-refractivity contribution in [3.05, 3.63) is 22.6 Å². The van der Waals surface area contributed by atoms with Crippen LogP contribution in [-0.4, -0.2) is 48.3 Å². The van der Waals surface area contributed by atoms with Crippen molar-refractivity contribution in [1.29, 1.82) is 0 Å². The number of aliphatic carboxylic acids is 1. The second-order valence-corrected chi connectivity index (χ2v) is 8.25. The first kappa shape index (κ1) is 16.4. The Morgan fingerprint density at radius 3 is 2.71 bits per heavy atom. The molecule has 3 unspecified atom stereocenters. The SMILES string of the molecule is C=CCC(C)[S+]([O-])C1=C(C(=O)O)N2C(=O)[C@H](C(C)O)[C@H]2S1. The molecule has 2 rings (SSSR count). The zero-order valence-electron chi connectivity index (χ0n) is 11.7. The van der Waals surface area contributed by atoms with Gasteiger partial charge >= 0.3 is 5.97 Å². The zero-order valence-corrected chi connectivity index (χ0v) is 13.3. The summed E-state index contributed by atoms with van der Waals surface area (Å²) in [6.45, 7) is 6.82. The Labute approximate surface area is 130 Å². The second kappa shape index (κ2) is 6.04. The number of thioether (sulfide) groups is 1. The number of aliphatic hydroxyl groups excluding tert-OH is 1. The Kier molecular flexibility index (Phi) is 4.72. The number of β-lactam (4-membered cyclic amide) rings is 1. The second-order valence-electron chi connectivity index (χ2n) is 5.06. The number of allylic oxidation sites excluding steroid dienone is 1. The number of nitrogens with zero attached hydrogens (tertiary/aromatic N) is 1. The van der Waals surface area contributed by atoms with Gasteiger partial charge in [-0.05, 0) is 36.8 Å². The molecule has 0 aromatic heterocycles. The summed E-state index contributed by atoms with van der Waals surface area (Å²) in [4.78, 5) is 24.6. The third-order valence-electron chi connectivity index (χ3n) is 3.52. The summed E-state index contributed by atoms with van der Waals surface area (Å²) in [5.41, 5.74) is -0.207. The number of carbonyl (C=O) groups excluding carboxylic acids is 1. The molecule has 0 radical (unpaired) electrons. The summed E-state index contributed by atoms with van der Waals surface area (Å²) in [7, 11) is 0. The van der Waals surface area contributed by atoms with E-state index < -0.39 is 40.4 Å². The molecule has 0 spiro atoms. The predicted octanol–water partition coefficient (Wildman–Crippen LogP) is 0.865. The number of aliphatic hydroxyl groups is 1. The number of carboxylic acid groups (broad SMARTS) is 1. The van der Waals surface area contributed by atoms with Gasteiger partial charge in [0.2, 0.25) is 10.1 Å². The minimum absolute atomic E-state index is 0.207. The Hall–Kier alpha value is -0.960. The molecule has 0 aromatic carbocycles. The first-order valence-electron chi connectivity index (χ1n) is 6.48. The number of hydrogen-bond donors (Lipinski definition) is 2. The fourth-order valence-electron chi connectivity index (χ4n) is 2.40. The van der Waals surface area contributed by atoms with Crippen LogP contribution in [0.3, 0.4) is 0 Å². The molecule has 0 bridgehead atoms. The summed E-state index contributed by atoms with van der Waals surface area (Å²) in [6.07, 6.45) is 1.25. The van der Waals surface area contributed by atoms with Gasteiger partial charge < -0.3 is 14.8 Å². The van der Waals surface area contributed by atoms with E-state index in [2.05, 4.69) is 6.58 Å². The Bertz CT molecular complexity index is 519. The van der Waals surface area contributed by atoms with E-state index in [-0.39, 0.29) is 15.2 Å². The van der Waals surface area contributed by atoms with Crippen molar-refractivity contribution < 1.29 is 24.4 Å². The number of amides is 1. The summed E-state index contributed by atoms with van der Waals surface area (Å²) in [6, 6.07) is 0. The zero-order chi connectivity index (χ0) is 15.9.